The molecule has 5 nitrogen and oxygen atoms in total. The Bertz CT molecular complexity index is 308. The summed E-state index contributed by atoms with van der Waals surface area (Å²) in [4.78, 5) is 15.6. The fourth-order valence-corrected chi connectivity index (χ4v) is 1.20. The van der Waals surface area contributed by atoms with Gasteiger partial charge in [-0.1, -0.05) is 20.3 Å². The summed E-state index contributed by atoms with van der Waals surface area (Å²) in [6.45, 7) is 4.83. The average Bonchev–Trinajstić information content (AvgIpc) is 2.67. The molecule has 1 aromatic rings. The number of nitrogens with one attached hydrogen (secondary N) is 2. The van der Waals surface area contributed by atoms with Gasteiger partial charge in [0.2, 0.25) is 5.82 Å². The number of aromatic amines is 1. The van der Waals surface area contributed by atoms with Gasteiger partial charge in [-0.2, -0.15) is 0 Å². The third-order valence-corrected chi connectivity index (χ3v) is 2.04. The maximum Gasteiger partial charge on any atom is 0.290 e. The zero-order valence-corrected chi connectivity index (χ0v) is 9.34. The fraction of sp³-hybridized carbons (Fsp3) is 0.700. The van der Waals surface area contributed by atoms with Gasteiger partial charge in [0.25, 0.3) is 5.91 Å². The molecule has 0 aliphatic rings. The topological polar surface area (TPSA) is 70.7 Å². The summed E-state index contributed by atoms with van der Waals surface area (Å²) in [6.07, 6.45) is 3.87. The maximum absolute atomic E-state index is 11.5. The van der Waals surface area contributed by atoms with Crippen LogP contribution in [0.3, 0.4) is 0 Å². The van der Waals surface area contributed by atoms with Gasteiger partial charge in [0, 0.05) is 13.0 Å². The molecule has 0 aliphatic heterocycles. The van der Waals surface area contributed by atoms with Crippen LogP contribution in [-0.2, 0) is 6.42 Å². The molecule has 1 aromatic heterocycles. The number of carbonyl (C=O) groups is 1. The van der Waals surface area contributed by atoms with Crippen LogP contribution in [0.25, 0.3) is 0 Å². The second-order valence-electron chi connectivity index (χ2n) is 3.47. The van der Waals surface area contributed by atoms with E-state index in [1.165, 1.54) is 0 Å². The van der Waals surface area contributed by atoms with Crippen molar-refractivity contribution >= 4 is 5.91 Å². The number of carbonyl (C=O) groups excluding carboxylic acids is 1. The lowest BCUT2D eigenvalue weighted by Crippen LogP contribution is -2.25. The van der Waals surface area contributed by atoms with Gasteiger partial charge in [-0.3, -0.25) is 9.89 Å². The molecule has 0 fully saturated rings. The van der Waals surface area contributed by atoms with Crippen molar-refractivity contribution < 1.29 is 4.79 Å². The van der Waals surface area contributed by atoms with Gasteiger partial charge in [-0.15, -0.1) is 5.10 Å². The summed E-state index contributed by atoms with van der Waals surface area (Å²) in [5, 5.41) is 9.39. The normalized spacial score (nSPS) is 10.3. The fourth-order valence-electron chi connectivity index (χ4n) is 1.20. The number of aryl methyl sites for hydroxylation is 1. The van der Waals surface area contributed by atoms with Gasteiger partial charge in [0.15, 0.2) is 0 Å². The Labute approximate surface area is 89.7 Å². The minimum atomic E-state index is -0.193. The highest BCUT2D eigenvalue weighted by atomic mass is 16.2. The van der Waals surface area contributed by atoms with Crippen LogP contribution in [0, 0.1) is 0 Å². The van der Waals surface area contributed by atoms with E-state index in [4.69, 9.17) is 0 Å². The van der Waals surface area contributed by atoms with Gasteiger partial charge in [0.05, 0.1) is 0 Å². The highest BCUT2D eigenvalue weighted by Gasteiger charge is 2.10. The van der Waals surface area contributed by atoms with Crippen LogP contribution in [0.15, 0.2) is 0 Å². The number of amides is 1. The van der Waals surface area contributed by atoms with Crippen LogP contribution < -0.4 is 5.32 Å². The molecule has 0 saturated carbocycles. The van der Waals surface area contributed by atoms with Gasteiger partial charge >= 0.3 is 0 Å². The monoisotopic (exact) mass is 210 g/mol. The summed E-state index contributed by atoms with van der Waals surface area (Å²) in [5.41, 5.74) is 0. The number of hydrogen-bond donors (Lipinski definition) is 2. The Morgan fingerprint density at radius 2 is 2.20 bits per heavy atom. The van der Waals surface area contributed by atoms with E-state index in [0.717, 1.165) is 31.5 Å². The number of rotatable bonds is 6. The SMILES string of the molecule is CCCCNC(=O)c1n[nH]c(CCC)n1. The first kappa shape index (κ1) is 11.7. The van der Waals surface area contributed by atoms with Crippen molar-refractivity contribution in [1.29, 1.82) is 0 Å². The molecule has 1 rings (SSSR count). The predicted molar refractivity (Wildman–Crippen MR) is 57.6 cm³/mol. The molecule has 2 N–H and O–H groups in total. The van der Waals surface area contributed by atoms with Crippen LogP contribution in [0.5, 0.6) is 0 Å². The number of unbranched alkanes of at least 4 members (excludes halogenated alkanes) is 1. The van der Waals surface area contributed by atoms with E-state index in [1.54, 1.807) is 0 Å². The van der Waals surface area contributed by atoms with Crippen LogP contribution in [0.1, 0.15) is 49.6 Å². The molecular formula is C10H18N4O. The van der Waals surface area contributed by atoms with E-state index in [1.807, 2.05) is 0 Å². The lowest BCUT2D eigenvalue weighted by atomic mass is 10.3. The van der Waals surface area contributed by atoms with Crippen molar-refractivity contribution in [3.63, 3.8) is 0 Å². The van der Waals surface area contributed by atoms with Gasteiger partial charge < -0.3 is 5.32 Å². The first-order valence-electron chi connectivity index (χ1n) is 5.47. The van der Waals surface area contributed by atoms with Gasteiger partial charge in [0.1, 0.15) is 5.82 Å². The molecule has 0 spiro atoms. The summed E-state index contributed by atoms with van der Waals surface area (Å²) >= 11 is 0. The first-order chi connectivity index (χ1) is 7.27. The van der Waals surface area contributed by atoms with Crippen molar-refractivity contribution in [3.05, 3.63) is 11.6 Å². The smallest absolute Gasteiger partial charge is 0.290 e. The molecule has 15 heavy (non-hydrogen) atoms. The molecule has 0 atom stereocenters. The highest BCUT2D eigenvalue weighted by molar-refractivity contribution is 5.90. The third kappa shape index (κ3) is 3.69. The first-order valence-corrected chi connectivity index (χ1v) is 5.47. The lowest BCUT2D eigenvalue weighted by molar-refractivity contribution is 0.0943. The van der Waals surface area contributed by atoms with Crippen LogP contribution >= 0.6 is 0 Å². The van der Waals surface area contributed by atoms with E-state index >= 15 is 0 Å². The largest absolute Gasteiger partial charge is 0.349 e. The molecule has 0 radical (unpaired) electrons. The molecule has 0 saturated heterocycles. The summed E-state index contributed by atoms with van der Waals surface area (Å²) in [5.74, 6) is 0.828. The molecular weight excluding hydrogens is 192 g/mol. The van der Waals surface area contributed by atoms with Crippen LogP contribution in [0.4, 0.5) is 0 Å². The maximum atomic E-state index is 11.5. The van der Waals surface area contributed by atoms with Gasteiger partial charge in [-0.05, 0) is 12.8 Å². The van der Waals surface area contributed by atoms with E-state index in [0.29, 0.717) is 6.54 Å². The van der Waals surface area contributed by atoms with Crippen molar-refractivity contribution in [2.75, 3.05) is 6.54 Å². The average molecular weight is 210 g/mol. The lowest BCUT2D eigenvalue weighted by Gasteiger charge is -1.99. The zero-order chi connectivity index (χ0) is 11.1. The number of aromatic nitrogens is 3. The van der Waals surface area contributed by atoms with E-state index in [9.17, 15) is 4.79 Å². The minimum Gasteiger partial charge on any atom is -0.349 e. The number of nitrogens with zero attached hydrogens (tertiary/aromatic N) is 2. The summed E-state index contributed by atoms with van der Waals surface area (Å²) < 4.78 is 0. The molecule has 0 unspecified atom stereocenters. The Kier molecular flexibility index (Phi) is 4.80. The molecule has 5 heteroatoms. The number of hydrogen-bond acceptors (Lipinski definition) is 3. The second kappa shape index (κ2) is 6.16. The Balaban J connectivity index is 2.43. The molecule has 0 aliphatic carbocycles. The van der Waals surface area contributed by atoms with Crippen LogP contribution in [-0.4, -0.2) is 27.6 Å². The van der Waals surface area contributed by atoms with Gasteiger partial charge in [-0.25, -0.2) is 4.98 Å². The highest BCUT2D eigenvalue weighted by Crippen LogP contribution is 1.96. The number of H-pyrrole nitrogens is 1. The standard InChI is InChI=1S/C10H18N4O/c1-3-5-7-11-10(15)9-12-8(6-4-2)13-14-9/h3-7H2,1-2H3,(H,11,15)(H,12,13,14). The summed E-state index contributed by atoms with van der Waals surface area (Å²) in [6, 6.07) is 0. The second-order valence-corrected chi connectivity index (χ2v) is 3.47. The van der Waals surface area contributed by atoms with Crippen molar-refractivity contribution in [2.45, 2.75) is 39.5 Å². The van der Waals surface area contributed by atoms with E-state index in [2.05, 4.69) is 34.3 Å². The quantitative estimate of drug-likeness (QED) is 0.695. The molecule has 1 heterocycles. The summed E-state index contributed by atoms with van der Waals surface area (Å²) in [7, 11) is 0. The Morgan fingerprint density at radius 3 is 2.87 bits per heavy atom. The molecule has 0 bridgehead atoms. The minimum absolute atomic E-state index is 0.193. The van der Waals surface area contributed by atoms with Crippen LogP contribution in [0.2, 0.25) is 0 Å². The molecule has 1 amide bonds. The molecule has 0 aromatic carbocycles. The Hall–Kier alpha value is -1.39. The third-order valence-electron chi connectivity index (χ3n) is 2.04. The predicted octanol–water partition coefficient (Wildman–Crippen LogP) is 1.29. The molecule has 84 valence electrons. The Morgan fingerprint density at radius 1 is 1.40 bits per heavy atom. The van der Waals surface area contributed by atoms with E-state index < -0.39 is 0 Å². The van der Waals surface area contributed by atoms with E-state index in [-0.39, 0.29) is 11.7 Å². The van der Waals surface area contributed by atoms with Crippen molar-refractivity contribution in [2.24, 2.45) is 0 Å². The van der Waals surface area contributed by atoms with Crippen molar-refractivity contribution in [1.82, 2.24) is 20.5 Å². The zero-order valence-electron chi connectivity index (χ0n) is 9.34. The van der Waals surface area contributed by atoms with Crippen molar-refractivity contribution in [3.8, 4) is 0 Å².